The zero-order chi connectivity index (χ0) is 17.2. The number of sulfone groups is 1. The van der Waals surface area contributed by atoms with Gasteiger partial charge in [0.2, 0.25) is 0 Å². The van der Waals surface area contributed by atoms with E-state index >= 15 is 0 Å². The van der Waals surface area contributed by atoms with Crippen LogP contribution in [0.25, 0.3) is 11.0 Å². The van der Waals surface area contributed by atoms with Gasteiger partial charge in [-0.2, -0.15) is 8.75 Å². The van der Waals surface area contributed by atoms with Crippen molar-refractivity contribution in [1.82, 2.24) is 8.75 Å². The quantitative estimate of drug-likeness (QED) is 0.671. The Kier molecular flexibility index (Phi) is 4.96. The van der Waals surface area contributed by atoms with Gasteiger partial charge in [-0.15, -0.1) is 0 Å². The molecule has 0 unspecified atom stereocenters. The summed E-state index contributed by atoms with van der Waals surface area (Å²) in [4.78, 5) is 0. The average Bonchev–Trinajstić information content (AvgIpc) is 3.03. The lowest BCUT2D eigenvalue weighted by Crippen LogP contribution is -2.15. The Morgan fingerprint density at radius 3 is 2.38 bits per heavy atom. The van der Waals surface area contributed by atoms with Crippen LogP contribution in [0.1, 0.15) is 30.5 Å². The van der Waals surface area contributed by atoms with Crippen LogP contribution in [0.4, 0.5) is 0 Å². The number of hydrogen-bond acceptors (Lipinski definition) is 5. The fourth-order valence-electron chi connectivity index (χ4n) is 2.54. The smallest absolute Gasteiger partial charge is 0.156 e. The van der Waals surface area contributed by atoms with Crippen LogP contribution >= 0.6 is 11.7 Å². The SMILES string of the molecule is CC(C)S(=O)(=O)Cc1ccc(CCc2cccc3nsnc23)cc1. The van der Waals surface area contributed by atoms with Gasteiger partial charge in [0.25, 0.3) is 0 Å². The van der Waals surface area contributed by atoms with Gasteiger partial charge in [-0.3, -0.25) is 0 Å². The predicted octanol–water partition coefficient (Wildman–Crippen LogP) is 3.80. The highest BCUT2D eigenvalue weighted by atomic mass is 32.2. The monoisotopic (exact) mass is 360 g/mol. The molecule has 0 atom stereocenters. The highest BCUT2D eigenvalue weighted by Gasteiger charge is 2.16. The number of hydrogen-bond donors (Lipinski definition) is 0. The van der Waals surface area contributed by atoms with E-state index in [1.165, 1.54) is 22.9 Å². The van der Waals surface area contributed by atoms with E-state index < -0.39 is 9.84 Å². The maximum atomic E-state index is 12.0. The molecule has 6 heteroatoms. The van der Waals surface area contributed by atoms with Crippen LogP contribution in [0, 0.1) is 0 Å². The fourth-order valence-corrected chi connectivity index (χ4v) is 4.10. The molecule has 0 spiro atoms. The molecule has 1 heterocycles. The van der Waals surface area contributed by atoms with Gasteiger partial charge in [0.1, 0.15) is 11.0 Å². The second-order valence-electron chi connectivity index (χ2n) is 6.22. The van der Waals surface area contributed by atoms with Crippen LogP contribution in [0.5, 0.6) is 0 Å². The summed E-state index contributed by atoms with van der Waals surface area (Å²) >= 11 is 1.24. The van der Waals surface area contributed by atoms with E-state index in [0.717, 1.165) is 29.4 Å². The minimum atomic E-state index is -3.05. The molecule has 0 aliphatic carbocycles. The summed E-state index contributed by atoms with van der Waals surface area (Å²) in [6.45, 7) is 3.44. The van der Waals surface area contributed by atoms with Crippen molar-refractivity contribution in [3.05, 3.63) is 59.2 Å². The summed E-state index contributed by atoms with van der Waals surface area (Å²) in [5, 5.41) is -0.343. The Hall–Kier alpha value is -1.79. The summed E-state index contributed by atoms with van der Waals surface area (Å²) in [6.07, 6.45) is 1.79. The maximum absolute atomic E-state index is 12.0. The van der Waals surface area contributed by atoms with Crippen LogP contribution in [0.3, 0.4) is 0 Å². The third-order valence-corrected chi connectivity index (χ3v) is 6.88. The molecule has 0 amide bonds. The molecule has 0 N–H and O–H groups in total. The highest BCUT2D eigenvalue weighted by Crippen LogP contribution is 2.19. The summed E-state index contributed by atoms with van der Waals surface area (Å²) in [6, 6.07) is 14.0. The van der Waals surface area contributed by atoms with Gasteiger partial charge in [-0.25, -0.2) is 8.42 Å². The first-order chi connectivity index (χ1) is 11.5. The van der Waals surface area contributed by atoms with Crippen LogP contribution in [0.15, 0.2) is 42.5 Å². The zero-order valence-electron chi connectivity index (χ0n) is 13.8. The molecular weight excluding hydrogens is 340 g/mol. The van der Waals surface area contributed by atoms with Crippen LogP contribution < -0.4 is 0 Å². The van der Waals surface area contributed by atoms with E-state index in [1.54, 1.807) is 13.8 Å². The molecular formula is C18H20N2O2S2. The molecule has 0 radical (unpaired) electrons. The number of nitrogens with zero attached hydrogens (tertiary/aromatic N) is 2. The number of aromatic nitrogens is 2. The van der Waals surface area contributed by atoms with Crippen molar-refractivity contribution in [2.45, 2.75) is 37.7 Å². The van der Waals surface area contributed by atoms with Crippen molar-refractivity contribution in [2.24, 2.45) is 0 Å². The molecule has 1 aromatic heterocycles. The first-order valence-electron chi connectivity index (χ1n) is 7.95. The molecule has 0 aliphatic rings. The Morgan fingerprint density at radius 2 is 1.67 bits per heavy atom. The lowest BCUT2D eigenvalue weighted by atomic mass is 10.0. The Morgan fingerprint density at radius 1 is 0.958 bits per heavy atom. The molecule has 3 aromatic rings. The molecule has 126 valence electrons. The van der Waals surface area contributed by atoms with E-state index in [2.05, 4.69) is 14.8 Å². The Balaban J connectivity index is 1.68. The topological polar surface area (TPSA) is 59.9 Å². The van der Waals surface area contributed by atoms with E-state index in [4.69, 9.17) is 0 Å². The normalized spacial score (nSPS) is 12.1. The Labute approximate surface area is 146 Å². The van der Waals surface area contributed by atoms with E-state index in [-0.39, 0.29) is 11.0 Å². The van der Waals surface area contributed by atoms with E-state index in [9.17, 15) is 8.42 Å². The van der Waals surface area contributed by atoms with Gasteiger partial charge in [0, 0.05) is 0 Å². The van der Waals surface area contributed by atoms with Gasteiger partial charge in [0.15, 0.2) is 9.84 Å². The molecule has 0 bridgehead atoms. The highest BCUT2D eigenvalue weighted by molar-refractivity contribution is 7.91. The Bertz CT molecular complexity index is 929. The summed E-state index contributed by atoms with van der Waals surface area (Å²) < 4.78 is 32.6. The number of aryl methyl sites for hydroxylation is 2. The van der Waals surface area contributed by atoms with Crippen molar-refractivity contribution >= 4 is 32.6 Å². The minimum absolute atomic E-state index is 0.106. The minimum Gasteiger partial charge on any atom is -0.228 e. The lowest BCUT2D eigenvalue weighted by molar-refractivity contribution is 0.586. The van der Waals surface area contributed by atoms with Crippen molar-refractivity contribution < 1.29 is 8.42 Å². The molecule has 0 aliphatic heterocycles. The maximum Gasteiger partial charge on any atom is 0.156 e. The third-order valence-electron chi connectivity index (χ3n) is 4.16. The van der Waals surface area contributed by atoms with Crippen molar-refractivity contribution in [3.8, 4) is 0 Å². The van der Waals surface area contributed by atoms with Crippen molar-refractivity contribution in [2.75, 3.05) is 0 Å². The molecule has 0 saturated carbocycles. The van der Waals surface area contributed by atoms with Gasteiger partial charge in [0.05, 0.1) is 22.7 Å². The first kappa shape index (κ1) is 17.0. The van der Waals surface area contributed by atoms with Crippen LogP contribution in [-0.2, 0) is 28.4 Å². The van der Waals surface area contributed by atoms with Crippen molar-refractivity contribution in [3.63, 3.8) is 0 Å². The first-order valence-corrected chi connectivity index (χ1v) is 10.4. The molecule has 2 aromatic carbocycles. The summed E-state index contributed by atoms with van der Waals surface area (Å²) in [7, 11) is -3.05. The second kappa shape index (κ2) is 6.99. The van der Waals surface area contributed by atoms with Crippen molar-refractivity contribution in [1.29, 1.82) is 0 Å². The molecule has 24 heavy (non-hydrogen) atoms. The van der Waals surface area contributed by atoms with Gasteiger partial charge in [-0.05, 0) is 49.4 Å². The molecule has 0 saturated heterocycles. The molecule has 3 rings (SSSR count). The number of benzene rings is 2. The standard InChI is InChI=1S/C18H20N2O2S2/c1-13(2)24(21,22)12-15-8-6-14(7-9-15)10-11-16-4-3-5-17-18(16)20-23-19-17/h3-9,13H,10-12H2,1-2H3. The van der Waals surface area contributed by atoms with Crippen LogP contribution in [-0.4, -0.2) is 22.4 Å². The average molecular weight is 361 g/mol. The number of fused-ring (bicyclic) bond motifs is 1. The fraction of sp³-hybridized carbons (Fsp3) is 0.333. The van der Waals surface area contributed by atoms with Gasteiger partial charge < -0.3 is 0 Å². The molecule has 0 fully saturated rings. The molecule has 4 nitrogen and oxygen atoms in total. The predicted molar refractivity (Wildman–Crippen MR) is 99.0 cm³/mol. The second-order valence-corrected chi connectivity index (χ2v) is 9.31. The van der Waals surface area contributed by atoms with Gasteiger partial charge in [-0.1, -0.05) is 36.4 Å². The summed E-state index contributed by atoms with van der Waals surface area (Å²) in [5.74, 6) is 0.106. The van der Waals surface area contributed by atoms with Gasteiger partial charge >= 0.3 is 0 Å². The third kappa shape index (κ3) is 3.82. The lowest BCUT2D eigenvalue weighted by Gasteiger charge is -2.08. The largest absolute Gasteiger partial charge is 0.228 e. The summed E-state index contributed by atoms with van der Waals surface area (Å²) in [5.41, 5.74) is 5.18. The zero-order valence-corrected chi connectivity index (χ0v) is 15.4. The number of rotatable bonds is 6. The van der Waals surface area contributed by atoms with E-state index in [1.807, 2.05) is 36.4 Å². The van der Waals surface area contributed by atoms with Crippen LogP contribution in [0.2, 0.25) is 0 Å². The van der Waals surface area contributed by atoms with E-state index in [0.29, 0.717) is 0 Å².